The molecule has 1 unspecified atom stereocenters. The summed E-state index contributed by atoms with van der Waals surface area (Å²) in [6.07, 6.45) is 3.34. The van der Waals surface area contributed by atoms with Gasteiger partial charge in [0.15, 0.2) is 5.78 Å². The highest BCUT2D eigenvalue weighted by Crippen LogP contribution is 2.45. The van der Waals surface area contributed by atoms with Gasteiger partial charge in [0, 0.05) is 45.9 Å². The van der Waals surface area contributed by atoms with Crippen LogP contribution in [0.25, 0.3) is 5.70 Å². The molecule has 29 heavy (non-hydrogen) atoms. The second-order valence-corrected chi connectivity index (χ2v) is 9.29. The summed E-state index contributed by atoms with van der Waals surface area (Å²) in [6.45, 7) is 4.21. The number of nitro groups is 1. The van der Waals surface area contributed by atoms with Gasteiger partial charge in [-0.15, -0.1) is 0 Å². The number of hydrogen-bond acceptors (Lipinski definition) is 4. The first-order chi connectivity index (χ1) is 13.7. The lowest BCUT2D eigenvalue weighted by atomic mass is 9.70. The molecule has 4 rings (SSSR count). The number of nitro benzene ring substituents is 1. The van der Waals surface area contributed by atoms with Crippen LogP contribution in [0.4, 0.5) is 5.69 Å². The molecule has 0 spiro atoms. The smallest absolute Gasteiger partial charge is 0.269 e. The van der Waals surface area contributed by atoms with Crippen molar-refractivity contribution in [2.24, 2.45) is 5.41 Å². The van der Waals surface area contributed by atoms with Crippen molar-refractivity contribution < 1.29 is 9.72 Å². The van der Waals surface area contributed by atoms with Crippen LogP contribution in [0.15, 0.2) is 70.3 Å². The zero-order valence-corrected chi connectivity index (χ0v) is 17.8. The molecule has 0 aromatic heterocycles. The van der Waals surface area contributed by atoms with Gasteiger partial charge in [0.25, 0.3) is 5.69 Å². The van der Waals surface area contributed by atoms with Gasteiger partial charge in [-0.3, -0.25) is 14.9 Å². The number of carbonyl (C=O) groups is 1. The fourth-order valence-corrected chi connectivity index (χ4v) is 4.39. The van der Waals surface area contributed by atoms with Crippen molar-refractivity contribution in [3.63, 3.8) is 0 Å². The Morgan fingerprint density at radius 3 is 2.34 bits per heavy atom. The number of non-ortho nitro benzene ring substituents is 1. The van der Waals surface area contributed by atoms with Crippen molar-refractivity contribution in [3.8, 4) is 0 Å². The first-order valence-electron chi connectivity index (χ1n) is 9.49. The lowest BCUT2D eigenvalue weighted by Gasteiger charge is -2.38. The summed E-state index contributed by atoms with van der Waals surface area (Å²) in [6, 6.07) is 14.5. The lowest BCUT2D eigenvalue weighted by Crippen LogP contribution is -2.35. The largest absolute Gasteiger partial charge is 0.358 e. The van der Waals surface area contributed by atoms with Crippen LogP contribution in [0.1, 0.15) is 43.7 Å². The molecule has 1 N–H and O–H groups in total. The van der Waals surface area contributed by atoms with E-state index in [4.69, 9.17) is 0 Å². The molecule has 1 heterocycles. The molecule has 0 saturated heterocycles. The highest BCUT2D eigenvalue weighted by atomic mass is 79.9. The molecule has 1 aliphatic carbocycles. The van der Waals surface area contributed by atoms with Gasteiger partial charge in [-0.2, -0.15) is 0 Å². The third-order valence-corrected chi connectivity index (χ3v) is 6.00. The Morgan fingerprint density at radius 1 is 1.07 bits per heavy atom. The van der Waals surface area contributed by atoms with Crippen molar-refractivity contribution in [2.45, 2.75) is 32.6 Å². The van der Waals surface area contributed by atoms with Crippen LogP contribution in [0.5, 0.6) is 0 Å². The minimum atomic E-state index is -0.408. The molecule has 148 valence electrons. The minimum Gasteiger partial charge on any atom is -0.358 e. The van der Waals surface area contributed by atoms with E-state index in [1.807, 2.05) is 24.3 Å². The fourth-order valence-electron chi connectivity index (χ4n) is 4.13. The zero-order chi connectivity index (χ0) is 20.8. The van der Waals surface area contributed by atoms with E-state index in [1.54, 1.807) is 12.1 Å². The van der Waals surface area contributed by atoms with E-state index < -0.39 is 4.92 Å². The number of nitrogens with one attached hydrogen (secondary N) is 1. The number of dihydropyridines is 1. The normalized spacial score (nSPS) is 20.6. The molecular weight excluding hydrogens is 432 g/mol. The molecule has 2 aromatic carbocycles. The highest BCUT2D eigenvalue weighted by molar-refractivity contribution is 9.10. The van der Waals surface area contributed by atoms with Crippen LogP contribution >= 0.6 is 15.9 Å². The first-order valence-corrected chi connectivity index (χ1v) is 10.3. The summed E-state index contributed by atoms with van der Waals surface area (Å²) in [5, 5.41) is 14.5. The van der Waals surface area contributed by atoms with Gasteiger partial charge < -0.3 is 5.32 Å². The number of halogens is 1. The number of hydrogen-bond donors (Lipinski definition) is 1. The molecule has 1 aliphatic heterocycles. The number of Topliss-reactive ketones (excluding diaryl/α,β-unsaturated/α-hetero) is 1. The van der Waals surface area contributed by atoms with Crippen LogP contribution < -0.4 is 5.32 Å². The molecule has 1 atom stereocenters. The zero-order valence-electron chi connectivity index (χ0n) is 16.2. The average Bonchev–Trinajstić information content (AvgIpc) is 2.66. The summed E-state index contributed by atoms with van der Waals surface area (Å²) in [7, 11) is 0. The monoisotopic (exact) mass is 452 g/mol. The fraction of sp³-hybridized carbons (Fsp3) is 0.261. The molecule has 0 radical (unpaired) electrons. The Labute approximate surface area is 177 Å². The topological polar surface area (TPSA) is 72.2 Å². The SMILES string of the molecule is CC1(C)CC(=O)C2=C(C1)NC(c1ccc(Br)cc1)=CC2c1ccc([N+](=O)[O-])cc1. The maximum Gasteiger partial charge on any atom is 0.269 e. The maximum absolute atomic E-state index is 13.0. The van der Waals surface area contributed by atoms with E-state index in [9.17, 15) is 14.9 Å². The van der Waals surface area contributed by atoms with E-state index in [2.05, 4.69) is 41.2 Å². The van der Waals surface area contributed by atoms with E-state index in [1.165, 1.54) is 12.1 Å². The number of ketones is 1. The molecule has 0 fully saturated rings. The van der Waals surface area contributed by atoms with Gasteiger partial charge in [-0.05, 0) is 41.2 Å². The number of carbonyl (C=O) groups excluding carboxylic acids is 1. The molecule has 0 bridgehead atoms. The van der Waals surface area contributed by atoms with E-state index in [0.717, 1.165) is 39.0 Å². The van der Waals surface area contributed by atoms with Crippen molar-refractivity contribution >= 4 is 33.1 Å². The maximum atomic E-state index is 13.0. The second kappa shape index (κ2) is 7.26. The molecule has 0 amide bonds. The lowest BCUT2D eigenvalue weighted by molar-refractivity contribution is -0.384. The number of allylic oxidation sites excluding steroid dienone is 3. The van der Waals surface area contributed by atoms with Crippen molar-refractivity contribution in [1.82, 2.24) is 5.32 Å². The van der Waals surface area contributed by atoms with E-state index >= 15 is 0 Å². The van der Waals surface area contributed by atoms with Gasteiger partial charge >= 0.3 is 0 Å². The van der Waals surface area contributed by atoms with Gasteiger partial charge in [0.2, 0.25) is 0 Å². The predicted octanol–water partition coefficient (Wildman–Crippen LogP) is 5.73. The van der Waals surface area contributed by atoms with Gasteiger partial charge in [0.05, 0.1) is 4.92 Å². The van der Waals surface area contributed by atoms with Crippen LogP contribution in [0, 0.1) is 15.5 Å². The Hall–Kier alpha value is -2.73. The Morgan fingerprint density at radius 2 is 1.72 bits per heavy atom. The molecule has 6 heteroatoms. The Balaban J connectivity index is 1.81. The van der Waals surface area contributed by atoms with E-state index in [0.29, 0.717) is 6.42 Å². The quantitative estimate of drug-likeness (QED) is 0.476. The van der Waals surface area contributed by atoms with Crippen molar-refractivity contribution in [1.29, 1.82) is 0 Å². The Kier molecular flexibility index (Phi) is 4.90. The van der Waals surface area contributed by atoms with Crippen LogP contribution in [-0.2, 0) is 4.79 Å². The van der Waals surface area contributed by atoms with Gasteiger partial charge in [-0.25, -0.2) is 0 Å². The standard InChI is InChI=1S/C23H21BrN2O3/c1-23(2)12-20-22(21(27)13-23)18(14-5-9-17(10-6-14)26(28)29)11-19(25-20)15-3-7-16(24)8-4-15/h3-11,18,25H,12-13H2,1-2H3. The minimum absolute atomic E-state index is 0.0464. The van der Waals surface area contributed by atoms with Crippen molar-refractivity contribution in [2.75, 3.05) is 0 Å². The first kappa shape index (κ1) is 19.6. The van der Waals surface area contributed by atoms with Gasteiger partial charge in [0.1, 0.15) is 0 Å². The van der Waals surface area contributed by atoms with Crippen LogP contribution in [0.2, 0.25) is 0 Å². The molecule has 0 saturated carbocycles. The summed E-state index contributed by atoms with van der Waals surface area (Å²) in [4.78, 5) is 23.7. The second-order valence-electron chi connectivity index (χ2n) is 8.37. The summed E-state index contributed by atoms with van der Waals surface area (Å²) < 4.78 is 0.999. The number of rotatable bonds is 3. The molecule has 2 aliphatic rings. The van der Waals surface area contributed by atoms with Crippen LogP contribution in [0.3, 0.4) is 0 Å². The molecular formula is C23H21BrN2O3. The van der Waals surface area contributed by atoms with Gasteiger partial charge in [-0.1, -0.05) is 54.0 Å². The summed E-state index contributed by atoms with van der Waals surface area (Å²) >= 11 is 3.47. The predicted molar refractivity (Wildman–Crippen MR) is 116 cm³/mol. The highest BCUT2D eigenvalue weighted by Gasteiger charge is 2.38. The van der Waals surface area contributed by atoms with Crippen molar-refractivity contribution in [3.05, 3.63) is 91.6 Å². The third kappa shape index (κ3) is 3.90. The average molecular weight is 453 g/mol. The third-order valence-electron chi connectivity index (χ3n) is 5.47. The number of benzene rings is 2. The molecule has 5 nitrogen and oxygen atoms in total. The Bertz CT molecular complexity index is 1050. The van der Waals surface area contributed by atoms with E-state index in [-0.39, 0.29) is 22.8 Å². The summed E-state index contributed by atoms with van der Waals surface area (Å²) in [5.41, 5.74) is 4.53. The number of nitrogens with zero attached hydrogens (tertiary/aromatic N) is 1. The van der Waals surface area contributed by atoms with Crippen LogP contribution in [-0.4, -0.2) is 10.7 Å². The molecule has 2 aromatic rings. The summed E-state index contributed by atoms with van der Waals surface area (Å²) in [5.74, 6) is -0.0903.